The Labute approximate surface area is 124 Å². The molecule has 3 unspecified atom stereocenters. The summed E-state index contributed by atoms with van der Waals surface area (Å²) < 4.78 is 0. The van der Waals surface area contributed by atoms with E-state index >= 15 is 0 Å². The van der Waals surface area contributed by atoms with E-state index in [-0.39, 0.29) is 5.69 Å². The number of nitrogens with zero attached hydrogens (tertiary/aromatic N) is 2. The molecule has 5 heteroatoms. The maximum absolute atomic E-state index is 11.2. The van der Waals surface area contributed by atoms with Crippen LogP contribution >= 0.6 is 0 Å². The minimum Gasteiger partial charge on any atom is -0.374 e. The van der Waals surface area contributed by atoms with Crippen LogP contribution < -0.4 is 4.90 Å². The molecular formula is C16H20N2O3. The second-order valence-corrected chi connectivity index (χ2v) is 6.43. The van der Waals surface area contributed by atoms with Gasteiger partial charge in [0.05, 0.1) is 4.92 Å². The third kappa shape index (κ3) is 2.64. The molecule has 2 aliphatic rings. The van der Waals surface area contributed by atoms with E-state index in [9.17, 15) is 14.9 Å². The molecule has 0 amide bonds. The first-order chi connectivity index (χ1) is 10.1. The van der Waals surface area contributed by atoms with Gasteiger partial charge < -0.3 is 4.90 Å². The highest BCUT2D eigenvalue weighted by atomic mass is 16.6. The largest absolute Gasteiger partial charge is 0.374 e. The number of rotatable bonds is 5. The van der Waals surface area contributed by atoms with Crippen molar-refractivity contribution in [2.75, 3.05) is 18.5 Å². The molecule has 3 atom stereocenters. The molecule has 21 heavy (non-hydrogen) atoms. The van der Waals surface area contributed by atoms with Crippen molar-refractivity contribution in [3.8, 4) is 0 Å². The number of anilines is 1. The van der Waals surface area contributed by atoms with Crippen LogP contribution in [0.3, 0.4) is 0 Å². The van der Waals surface area contributed by atoms with Crippen LogP contribution in [0, 0.1) is 27.9 Å². The molecule has 3 rings (SSSR count). The number of carbonyl (C=O) groups is 1. The lowest BCUT2D eigenvalue weighted by atomic mass is 9.88. The number of non-ortho nitro benzene ring substituents is 1. The molecule has 1 aromatic rings. The summed E-state index contributed by atoms with van der Waals surface area (Å²) in [6.07, 6.45) is 6.07. The number of hydrogen-bond donors (Lipinski definition) is 0. The highest BCUT2D eigenvalue weighted by Crippen LogP contribution is 2.48. The number of fused-ring (bicyclic) bond motifs is 2. The fourth-order valence-corrected chi connectivity index (χ4v) is 4.15. The van der Waals surface area contributed by atoms with Gasteiger partial charge in [0.1, 0.15) is 0 Å². The SMILES string of the molecule is CN(CC1CC2CCC1C2)c1ccc([N+](=O)[O-])cc1C=O. The van der Waals surface area contributed by atoms with Gasteiger partial charge in [0.15, 0.2) is 6.29 Å². The Morgan fingerprint density at radius 2 is 2.19 bits per heavy atom. The van der Waals surface area contributed by atoms with Crippen molar-refractivity contribution in [1.82, 2.24) is 0 Å². The quantitative estimate of drug-likeness (QED) is 0.474. The Morgan fingerprint density at radius 3 is 2.76 bits per heavy atom. The molecule has 2 bridgehead atoms. The van der Waals surface area contributed by atoms with Crippen molar-refractivity contribution < 1.29 is 9.72 Å². The molecule has 0 spiro atoms. The lowest BCUT2D eigenvalue weighted by molar-refractivity contribution is -0.384. The van der Waals surface area contributed by atoms with Crippen molar-refractivity contribution in [1.29, 1.82) is 0 Å². The van der Waals surface area contributed by atoms with E-state index in [1.165, 1.54) is 37.8 Å². The highest BCUT2D eigenvalue weighted by molar-refractivity contribution is 5.85. The number of nitro benzene ring substituents is 1. The highest BCUT2D eigenvalue weighted by Gasteiger charge is 2.39. The van der Waals surface area contributed by atoms with Gasteiger partial charge in [-0.15, -0.1) is 0 Å². The predicted octanol–water partition coefficient (Wildman–Crippen LogP) is 3.28. The molecule has 2 fully saturated rings. The number of hydrogen-bond acceptors (Lipinski definition) is 4. The third-order valence-electron chi connectivity index (χ3n) is 5.15. The number of aldehydes is 1. The molecule has 0 heterocycles. The van der Waals surface area contributed by atoms with Crippen LogP contribution in [0.25, 0.3) is 0 Å². The molecule has 2 aliphatic carbocycles. The van der Waals surface area contributed by atoms with Crippen molar-refractivity contribution in [2.24, 2.45) is 17.8 Å². The van der Waals surface area contributed by atoms with E-state index in [0.29, 0.717) is 17.8 Å². The van der Waals surface area contributed by atoms with Crippen molar-refractivity contribution >= 4 is 17.7 Å². The number of benzene rings is 1. The summed E-state index contributed by atoms with van der Waals surface area (Å²) in [6, 6.07) is 4.52. The fourth-order valence-electron chi connectivity index (χ4n) is 4.15. The van der Waals surface area contributed by atoms with Gasteiger partial charge in [-0.05, 0) is 43.1 Å². The van der Waals surface area contributed by atoms with E-state index in [4.69, 9.17) is 0 Å². The second kappa shape index (κ2) is 5.47. The molecule has 1 aromatic carbocycles. The maximum atomic E-state index is 11.2. The van der Waals surface area contributed by atoms with Crippen LogP contribution in [-0.2, 0) is 0 Å². The molecule has 0 aliphatic heterocycles. The van der Waals surface area contributed by atoms with E-state index in [1.54, 1.807) is 6.07 Å². The molecule has 112 valence electrons. The topological polar surface area (TPSA) is 63.4 Å². The van der Waals surface area contributed by atoms with Crippen LogP contribution in [-0.4, -0.2) is 24.8 Å². The molecule has 0 saturated heterocycles. The normalized spacial score (nSPS) is 26.8. The Bertz CT molecular complexity index is 573. The van der Waals surface area contributed by atoms with Crippen LogP contribution in [0.5, 0.6) is 0 Å². The lowest BCUT2D eigenvalue weighted by Crippen LogP contribution is -2.29. The van der Waals surface area contributed by atoms with Crippen molar-refractivity contribution in [3.63, 3.8) is 0 Å². The van der Waals surface area contributed by atoms with E-state index in [1.807, 2.05) is 7.05 Å². The van der Waals surface area contributed by atoms with E-state index < -0.39 is 4.92 Å². The minimum atomic E-state index is -0.466. The van der Waals surface area contributed by atoms with Crippen molar-refractivity contribution in [3.05, 3.63) is 33.9 Å². The summed E-state index contributed by atoms with van der Waals surface area (Å²) in [5, 5.41) is 10.8. The molecule has 0 radical (unpaired) electrons. The molecule has 5 nitrogen and oxygen atoms in total. The summed E-state index contributed by atoms with van der Waals surface area (Å²) in [6.45, 7) is 0.930. The first kappa shape index (κ1) is 14.0. The van der Waals surface area contributed by atoms with Gasteiger partial charge in [0, 0.05) is 37.0 Å². The van der Waals surface area contributed by atoms with Gasteiger partial charge in [0.25, 0.3) is 5.69 Å². The zero-order valence-electron chi connectivity index (χ0n) is 12.2. The molecule has 0 aromatic heterocycles. The van der Waals surface area contributed by atoms with E-state index in [0.717, 1.165) is 24.1 Å². The standard InChI is InChI=1S/C16H20N2O3/c1-17(9-13-7-11-2-3-12(13)6-11)16-5-4-15(18(20)21)8-14(16)10-19/h4-5,8,10-13H,2-3,6-7,9H2,1H3. The average molecular weight is 288 g/mol. The summed E-state index contributed by atoms with van der Waals surface area (Å²) in [5.41, 5.74) is 1.16. The van der Waals surface area contributed by atoms with Crippen molar-refractivity contribution in [2.45, 2.75) is 25.7 Å². The summed E-state index contributed by atoms with van der Waals surface area (Å²) in [5.74, 6) is 2.43. The summed E-state index contributed by atoms with van der Waals surface area (Å²) >= 11 is 0. The Balaban J connectivity index is 1.76. The molecular weight excluding hydrogens is 268 g/mol. The van der Waals surface area contributed by atoms with Crippen LogP contribution in [0.4, 0.5) is 11.4 Å². The van der Waals surface area contributed by atoms with E-state index in [2.05, 4.69) is 4.90 Å². The van der Waals surface area contributed by atoms with Crippen LogP contribution in [0.2, 0.25) is 0 Å². The zero-order chi connectivity index (χ0) is 15.0. The zero-order valence-corrected chi connectivity index (χ0v) is 12.2. The van der Waals surface area contributed by atoms with Gasteiger partial charge in [-0.25, -0.2) is 0 Å². The van der Waals surface area contributed by atoms with Gasteiger partial charge in [-0.1, -0.05) is 6.42 Å². The first-order valence-electron chi connectivity index (χ1n) is 7.53. The van der Waals surface area contributed by atoms with Gasteiger partial charge in [-0.2, -0.15) is 0 Å². The smallest absolute Gasteiger partial charge is 0.270 e. The molecule has 0 N–H and O–H groups in total. The monoisotopic (exact) mass is 288 g/mol. The number of carbonyl (C=O) groups excluding carboxylic acids is 1. The van der Waals surface area contributed by atoms with Gasteiger partial charge >= 0.3 is 0 Å². The Kier molecular flexibility index (Phi) is 3.66. The second-order valence-electron chi connectivity index (χ2n) is 6.43. The first-order valence-corrected chi connectivity index (χ1v) is 7.53. The van der Waals surface area contributed by atoms with Gasteiger partial charge in [-0.3, -0.25) is 14.9 Å². The minimum absolute atomic E-state index is 0.0332. The summed E-state index contributed by atoms with van der Waals surface area (Å²) in [7, 11) is 1.97. The maximum Gasteiger partial charge on any atom is 0.270 e. The lowest BCUT2D eigenvalue weighted by Gasteiger charge is -2.29. The average Bonchev–Trinajstić information content (AvgIpc) is 3.08. The fraction of sp³-hybridized carbons (Fsp3) is 0.562. The third-order valence-corrected chi connectivity index (χ3v) is 5.15. The predicted molar refractivity (Wildman–Crippen MR) is 80.7 cm³/mol. The summed E-state index contributed by atoms with van der Waals surface area (Å²) in [4.78, 5) is 23.6. The molecule has 2 saturated carbocycles. The van der Waals surface area contributed by atoms with Crippen LogP contribution in [0.15, 0.2) is 18.2 Å². The number of nitro groups is 1. The Hall–Kier alpha value is -1.91. The Morgan fingerprint density at radius 1 is 1.38 bits per heavy atom. The van der Waals surface area contributed by atoms with Gasteiger partial charge in [0.2, 0.25) is 0 Å². The van der Waals surface area contributed by atoms with Crippen LogP contribution in [0.1, 0.15) is 36.0 Å².